The van der Waals surface area contributed by atoms with Gasteiger partial charge in [0.1, 0.15) is 0 Å². The molecule has 0 amide bonds. The smallest absolute Gasteiger partial charge is 0 e. The molecular weight excluding hydrogens is 237 g/mol. The van der Waals surface area contributed by atoms with Crippen molar-refractivity contribution in [3.8, 4) is 0 Å². The maximum absolute atomic E-state index is 4.30. The predicted octanol–water partition coefficient (Wildman–Crippen LogP) is 1.40. The summed E-state index contributed by atoms with van der Waals surface area (Å²) < 4.78 is 0. The fourth-order valence-corrected chi connectivity index (χ4v) is 1.66. The Balaban J connectivity index is 0.00000144. The third kappa shape index (κ3) is 3.58. The van der Waals surface area contributed by atoms with Crippen molar-refractivity contribution in [2.45, 2.75) is 25.3 Å². The summed E-state index contributed by atoms with van der Waals surface area (Å²) in [6, 6.07) is 0. The minimum atomic E-state index is 0. The normalized spacial score (nSPS) is 22.8. The monoisotopic (exact) mass is 257 g/mol. The van der Waals surface area contributed by atoms with Gasteiger partial charge in [0.05, 0.1) is 0 Å². The van der Waals surface area contributed by atoms with E-state index in [4.69, 9.17) is 0 Å². The third-order valence-corrected chi connectivity index (χ3v) is 3.05. The van der Waals surface area contributed by atoms with E-state index in [2.05, 4.69) is 44.3 Å². The van der Waals surface area contributed by atoms with Crippen LogP contribution in [0.25, 0.3) is 0 Å². The summed E-state index contributed by atoms with van der Waals surface area (Å²) in [5.74, 6) is 0. The van der Waals surface area contributed by atoms with Crippen molar-refractivity contribution >= 4 is 0 Å². The molecule has 0 unspecified atom stereocenters. The minimum absolute atomic E-state index is 0. The molecule has 3 heteroatoms. The second kappa shape index (κ2) is 5.80. The summed E-state index contributed by atoms with van der Waals surface area (Å²) in [7, 11) is 4.30. The number of hydrogen-bond acceptors (Lipinski definition) is 2. The molecule has 0 aliphatic carbocycles. The second-order valence-electron chi connectivity index (χ2n) is 3.90. The zero-order chi connectivity index (χ0) is 9.19. The molecule has 1 aliphatic rings. The van der Waals surface area contributed by atoms with Gasteiger partial charge >= 0.3 is 0 Å². The van der Waals surface area contributed by atoms with Crippen LogP contribution in [0.3, 0.4) is 0 Å². The van der Waals surface area contributed by atoms with Crippen molar-refractivity contribution in [1.29, 1.82) is 0 Å². The summed E-state index contributed by atoms with van der Waals surface area (Å²) >= 11 is 0. The van der Waals surface area contributed by atoms with Crippen LogP contribution in [0.5, 0.6) is 0 Å². The van der Waals surface area contributed by atoms with E-state index in [1.807, 2.05) is 0 Å². The molecule has 2 nitrogen and oxygen atoms in total. The largest absolute Gasteiger partial charge is 0.479 e. The molecule has 0 bridgehead atoms. The van der Waals surface area contributed by atoms with Crippen molar-refractivity contribution in [3.05, 3.63) is 13.5 Å². The number of nitrogens with zero attached hydrogens (tertiary/aromatic N) is 2. The minimum Gasteiger partial charge on any atom is -0.479 e. The van der Waals surface area contributed by atoms with Gasteiger partial charge < -0.3 is 16.7 Å². The van der Waals surface area contributed by atoms with E-state index in [1.165, 1.54) is 25.9 Å². The topological polar surface area (TPSA) is 6.48 Å². The van der Waals surface area contributed by atoms with Crippen molar-refractivity contribution < 1.29 is 32.7 Å². The zero-order valence-corrected chi connectivity index (χ0v) is 11.9. The Bertz CT molecular complexity index is 142. The average molecular weight is 257 g/mol. The van der Waals surface area contributed by atoms with Gasteiger partial charge in [-0.2, -0.15) is 6.92 Å². The molecule has 1 rings (SSSR count). The van der Waals surface area contributed by atoms with Gasteiger partial charge in [0.25, 0.3) is 0 Å². The van der Waals surface area contributed by atoms with Crippen LogP contribution in [0.2, 0.25) is 0 Å². The van der Waals surface area contributed by atoms with E-state index in [0.29, 0.717) is 0 Å². The van der Waals surface area contributed by atoms with Crippen LogP contribution in [0, 0.1) is 13.5 Å². The van der Waals surface area contributed by atoms with E-state index in [1.54, 1.807) is 0 Å². The molecule has 0 spiro atoms. The van der Waals surface area contributed by atoms with E-state index in [9.17, 15) is 0 Å². The van der Waals surface area contributed by atoms with Crippen molar-refractivity contribution in [2.75, 3.05) is 27.2 Å². The number of rotatable bonds is 2. The van der Waals surface area contributed by atoms with Gasteiger partial charge in [-0.05, 0) is 27.2 Å². The van der Waals surface area contributed by atoms with Crippen LogP contribution >= 0.6 is 0 Å². The van der Waals surface area contributed by atoms with Gasteiger partial charge in [0, 0.05) is 32.7 Å². The first-order chi connectivity index (χ1) is 5.58. The summed E-state index contributed by atoms with van der Waals surface area (Å²) in [5, 5.41) is 0. The molecule has 0 saturated carbocycles. The molecule has 13 heavy (non-hydrogen) atoms. The summed E-state index contributed by atoms with van der Waals surface area (Å²) in [5.41, 5.74) is 0.154. The van der Waals surface area contributed by atoms with Gasteiger partial charge in [-0.25, -0.2) is 0 Å². The standard InChI is InChI=1S/C10H20N2.Y/c1-5-12(4)10(2)6-8-11(3)9-7-10;/h5H,2,6-9H2,1,3-4H3;/q-2;. The Hall–Kier alpha value is 1.02. The van der Waals surface area contributed by atoms with E-state index < -0.39 is 0 Å². The quantitative estimate of drug-likeness (QED) is 0.690. The molecule has 0 atom stereocenters. The number of likely N-dealkylation sites (tertiary alicyclic amines) is 1. The van der Waals surface area contributed by atoms with Crippen LogP contribution in [-0.4, -0.2) is 42.5 Å². The fraction of sp³-hybridized carbons (Fsp3) is 0.800. The van der Waals surface area contributed by atoms with Crippen LogP contribution < -0.4 is 0 Å². The molecule has 1 fully saturated rings. The van der Waals surface area contributed by atoms with Crippen LogP contribution in [0.15, 0.2) is 0 Å². The van der Waals surface area contributed by atoms with Gasteiger partial charge in [-0.3, -0.25) is 6.54 Å². The zero-order valence-electron chi connectivity index (χ0n) is 9.08. The molecule has 1 aliphatic heterocycles. The van der Waals surface area contributed by atoms with Gasteiger partial charge in [0.2, 0.25) is 0 Å². The van der Waals surface area contributed by atoms with E-state index >= 15 is 0 Å². The Labute approximate surface area is 108 Å². The molecule has 0 N–H and O–H groups in total. The molecule has 0 aromatic heterocycles. The van der Waals surface area contributed by atoms with Gasteiger partial charge in [-0.15, -0.1) is 5.54 Å². The molecule has 0 aromatic rings. The SMILES string of the molecule is [CH2-]C1(N(C)[CH-]C)CCN(C)CC1.[Y]. The average Bonchev–Trinajstić information content (AvgIpc) is 2.09. The predicted molar refractivity (Wildman–Crippen MR) is 52.6 cm³/mol. The number of piperidine rings is 1. The molecule has 0 aromatic carbocycles. The molecule has 1 radical (unpaired) electrons. The first kappa shape index (κ1) is 14.0. The first-order valence-electron chi connectivity index (χ1n) is 4.65. The molecule has 1 saturated heterocycles. The molecule has 75 valence electrons. The Morgan fingerprint density at radius 1 is 1.38 bits per heavy atom. The Morgan fingerprint density at radius 2 is 1.85 bits per heavy atom. The second-order valence-corrected chi connectivity index (χ2v) is 3.90. The molecular formula is C10H20N2Y-2. The number of hydrogen-bond donors (Lipinski definition) is 0. The van der Waals surface area contributed by atoms with E-state index in [0.717, 1.165) is 0 Å². The van der Waals surface area contributed by atoms with Crippen LogP contribution in [-0.2, 0) is 32.7 Å². The van der Waals surface area contributed by atoms with Crippen LogP contribution in [0.4, 0.5) is 0 Å². The maximum Gasteiger partial charge on any atom is 0 e. The Morgan fingerprint density at radius 3 is 2.23 bits per heavy atom. The fourth-order valence-electron chi connectivity index (χ4n) is 1.66. The maximum atomic E-state index is 4.30. The third-order valence-electron chi connectivity index (χ3n) is 3.05. The molecule has 1 heterocycles. The summed E-state index contributed by atoms with van der Waals surface area (Å²) in [6.07, 6.45) is 2.34. The summed E-state index contributed by atoms with van der Waals surface area (Å²) in [6.45, 7) is 10.8. The van der Waals surface area contributed by atoms with E-state index in [-0.39, 0.29) is 38.2 Å². The van der Waals surface area contributed by atoms with Crippen LogP contribution in [0.1, 0.15) is 19.8 Å². The van der Waals surface area contributed by atoms with Crippen molar-refractivity contribution in [3.63, 3.8) is 0 Å². The van der Waals surface area contributed by atoms with Crippen molar-refractivity contribution in [1.82, 2.24) is 9.80 Å². The van der Waals surface area contributed by atoms with Crippen molar-refractivity contribution in [2.24, 2.45) is 0 Å². The first-order valence-corrected chi connectivity index (χ1v) is 4.65. The van der Waals surface area contributed by atoms with Gasteiger partial charge in [-0.1, -0.05) is 12.8 Å². The summed E-state index contributed by atoms with van der Waals surface area (Å²) in [4.78, 5) is 4.62. The van der Waals surface area contributed by atoms with Gasteiger partial charge in [0.15, 0.2) is 0 Å². The Kier molecular flexibility index (Phi) is 6.25.